The average molecular weight is 225 g/mol. The normalized spacial score (nSPS) is 8.12. The minimum Gasteiger partial charge on any atom is -0.388 e. The van der Waals surface area contributed by atoms with Crippen molar-refractivity contribution in [1.29, 1.82) is 0 Å². The minimum atomic E-state index is 0.685. The topological polar surface area (TPSA) is 21.3 Å². The molecule has 0 heterocycles. The lowest BCUT2D eigenvalue weighted by atomic mass is 10.2. The zero-order valence-electron chi connectivity index (χ0n) is 11.6. The van der Waals surface area contributed by atoms with E-state index < -0.39 is 0 Å². The summed E-state index contributed by atoms with van der Waals surface area (Å²) in [7, 11) is 3.61. The van der Waals surface area contributed by atoms with Crippen molar-refractivity contribution in [3.05, 3.63) is 29.8 Å². The second-order valence-corrected chi connectivity index (χ2v) is 3.09. The molecular formula is C14H27NO. The van der Waals surface area contributed by atoms with Crippen LogP contribution in [0.1, 0.15) is 39.7 Å². The molecule has 1 N–H and O–H groups in total. The van der Waals surface area contributed by atoms with E-state index in [0.717, 1.165) is 5.69 Å². The highest BCUT2D eigenvalue weighted by Gasteiger charge is 1.90. The van der Waals surface area contributed by atoms with Crippen molar-refractivity contribution >= 4 is 5.69 Å². The molecule has 0 aromatic heterocycles. The Morgan fingerprint density at radius 1 is 1.06 bits per heavy atom. The van der Waals surface area contributed by atoms with Crippen molar-refractivity contribution in [2.24, 2.45) is 0 Å². The van der Waals surface area contributed by atoms with Gasteiger partial charge >= 0.3 is 0 Å². The van der Waals surface area contributed by atoms with E-state index in [-0.39, 0.29) is 0 Å². The van der Waals surface area contributed by atoms with Crippen LogP contribution in [0.2, 0.25) is 0 Å². The second kappa shape index (κ2) is 14.0. The molecule has 0 bridgehead atoms. The number of ether oxygens (including phenoxy) is 1. The van der Waals surface area contributed by atoms with Gasteiger partial charge in [-0.2, -0.15) is 0 Å². The third-order valence-electron chi connectivity index (χ3n) is 1.55. The van der Waals surface area contributed by atoms with Crippen molar-refractivity contribution in [3.8, 4) is 0 Å². The maximum atomic E-state index is 4.98. The molecule has 0 unspecified atom stereocenters. The van der Waals surface area contributed by atoms with Gasteiger partial charge in [0.2, 0.25) is 0 Å². The Morgan fingerprint density at radius 2 is 1.50 bits per heavy atom. The molecule has 0 aliphatic rings. The molecule has 0 radical (unpaired) electrons. The summed E-state index contributed by atoms with van der Waals surface area (Å²) in [5.74, 6) is 0. The van der Waals surface area contributed by atoms with Gasteiger partial charge in [-0.1, -0.05) is 46.2 Å². The fourth-order valence-electron chi connectivity index (χ4n) is 0.934. The van der Waals surface area contributed by atoms with Crippen molar-refractivity contribution < 1.29 is 4.74 Å². The number of hydrogen-bond acceptors (Lipinski definition) is 2. The molecule has 0 amide bonds. The number of benzene rings is 1. The van der Waals surface area contributed by atoms with Gasteiger partial charge in [0.05, 0.1) is 6.61 Å². The largest absolute Gasteiger partial charge is 0.388 e. The molecule has 0 fully saturated rings. The van der Waals surface area contributed by atoms with Crippen molar-refractivity contribution in [1.82, 2.24) is 0 Å². The van der Waals surface area contributed by atoms with E-state index in [1.165, 1.54) is 12.0 Å². The van der Waals surface area contributed by atoms with Gasteiger partial charge < -0.3 is 10.1 Å². The molecule has 94 valence electrons. The van der Waals surface area contributed by atoms with Gasteiger partial charge in [0, 0.05) is 19.8 Å². The summed E-state index contributed by atoms with van der Waals surface area (Å²) < 4.78 is 4.98. The van der Waals surface area contributed by atoms with E-state index in [2.05, 4.69) is 31.3 Å². The number of rotatable bonds is 3. The van der Waals surface area contributed by atoms with Crippen LogP contribution in [0.5, 0.6) is 0 Å². The van der Waals surface area contributed by atoms with E-state index in [1.54, 1.807) is 7.11 Å². The summed E-state index contributed by atoms with van der Waals surface area (Å²) in [6, 6.07) is 8.17. The molecule has 2 nitrogen and oxygen atoms in total. The average Bonchev–Trinajstić information content (AvgIpc) is 2.34. The van der Waals surface area contributed by atoms with Crippen molar-refractivity contribution in [2.75, 3.05) is 19.5 Å². The lowest BCUT2D eigenvalue weighted by Gasteiger charge is -2.01. The molecule has 1 aromatic carbocycles. The minimum absolute atomic E-state index is 0.685. The predicted molar refractivity (Wildman–Crippen MR) is 74.0 cm³/mol. The number of anilines is 1. The fraction of sp³-hybridized carbons (Fsp3) is 0.571. The highest BCUT2D eigenvalue weighted by atomic mass is 16.5. The molecule has 16 heavy (non-hydrogen) atoms. The van der Waals surface area contributed by atoms with E-state index in [1.807, 2.05) is 33.0 Å². The standard InChI is InChI=1S/C9H13NO.C3H8.C2H6/c1-10-9-5-3-8(4-6-9)7-11-2;1-3-2;1-2/h3-6,10H,7H2,1-2H3;3H2,1-2H3;1-2H3. The zero-order chi connectivity index (χ0) is 12.8. The molecular weight excluding hydrogens is 198 g/mol. The Labute approximate surface area is 101 Å². The monoisotopic (exact) mass is 225 g/mol. The van der Waals surface area contributed by atoms with Crippen LogP contribution < -0.4 is 5.32 Å². The quantitative estimate of drug-likeness (QED) is 0.827. The van der Waals surface area contributed by atoms with Gasteiger partial charge in [-0.25, -0.2) is 0 Å². The Kier molecular flexibility index (Phi) is 15.2. The molecule has 1 rings (SSSR count). The van der Waals surface area contributed by atoms with Crippen LogP contribution in [0.25, 0.3) is 0 Å². The summed E-state index contributed by atoms with van der Waals surface area (Å²) in [6.45, 7) is 8.93. The van der Waals surface area contributed by atoms with Crippen molar-refractivity contribution in [2.45, 2.75) is 40.7 Å². The fourth-order valence-corrected chi connectivity index (χ4v) is 0.934. The van der Waals surface area contributed by atoms with Gasteiger partial charge in [-0.3, -0.25) is 0 Å². The van der Waals surface area contributed by atoms with Gasteiger partial charge in [-0.15, -0.1) is 0 Å². The number of methoxy groups -OCH3 is 1. The van der Waals surface area contributed by atoms with Crippen LogP contribution in [-0.4, -0.2) is 14.2 Å². The summed E-state index contributed by atoms with van der Waals surface area (Å²) >= 11 is 0. The lowest BCUT2D eigenvalue weighted by molar-refractivity contribution is 0.185. The molecule has 0 aliphatic carbocycles. The molecule has 0 saturated heterocycles. The maximum absolute atomic E-state index is 4.98. The Bertz CT molecular complexity index is 219. The van der Waals surface area contributed by atoms with Crippen LogP contribution in [-0.2, 0) is 11.3 Å². The van der Waals surface area contributed by atoms with Crippen LogP contribution in [0.3, 0.4) is 0 Å². The van der Waals surface area contributed by atoms with Gasteiger partial charge in [0.15, 0.2) is 0 Å². The molecule has 0 atom stereocenters. The van der Waals surface area contributed by atoms with Gasteiger partial charge in [0.25, 0.3) is 0 Å². The first kappa shape index (κ1) is 17.4. The molecule has 2 heteroatoms. The number of hydrogen-bond donors (Lipinski definition) is 1. The summed E-state index contributed by atoms with van der Waals surface area (Å²) in [5.41, 5.74) is 2.33. The SMILES string of the molecule is CC.CCC.CNc1ccc(COC)cc1. The first-order valence-electron chi connectivity index (χ1n) is 6.04. The Hall–Kier alpha value is -1.02. The van der Waals surface area contributed by atoms with E-state index >= 15 is 0 Å². The van der Waals surface area contributed by atoms with Gasteiger partial charge in [0.1, 0.15) is 0 Å². The third kappa shape index (κ3) is 9.53. The van der Waals surface area contributed by atoms with Gasteiger partial charge in [-0.05, 0) is 17.7 Å². The second-order valence-electron chi connectivity index (χ2n) is 3.09. The molecule has 0 aliphatic heterocycles. The summed E-state index contributed by atoms with van der Waals surface area (Å²) in [4.78, 5) is 0. The molecule has 0 spiro atoms. The third-order valence-corrected chi connectivity index (χ3v) is 1.55. The smallest absolute Gasteiger partial charge is 0.0713 e. The molecule has 0 saturated carbocycles. The van der Waals surface area contributed by atoms with E-state index in [4.69, 9.17) is 4.74 Å². The van der Waals surface area contributed by atoms with E-state index in [9.17, 15) is 0 Å². The van der Waals surface area contributed by atoms with Crippen LogP contribution in [0.15, 0.2) is 24.3 Å². The predicted octanol–water partition coefficient (Wildman–Crippen LogP) is 4.32. The zero-order valence-corrected chi connectivity index (χ0v) is 11.6. The van der Waals surface area contributed by atoms with E-state index in [0.29, 0.717) is 6.61 Å². The maximum Gasteiger partial charge on any atom is 0.0713 e. The highest BCUT2D eigenvalue weighted by Crippen LogP contribution is 2.08. The number of nitrogens with one attached hydrogen (secondary N) is 1. The Balaban J connectivity index is 0. The van der Waals surface area contributed by atoms with Crippen LogP contribution in [0.4, 0.5) is 5.69 Å². The highest BCUT2D eigenvalue weighted by molar-refractivity contribution is 5.43. The molecule has 1 aromatic rings. The first-order chi connectivity index (χ1) is 7.78. The summed E-state index contributed by atoms with van der Waals surface area (Å²) in [5, 5.41) is 3.06. The Morgan fingerprint density at radius 3 is 1.81 bits per heavy atom. The lowest BCUT2D eigenvalue weighted by Crippen LogP contribution is -1.90. The van der Waals surface area contributed by atoms with Crippen LogP contribution in [0, 0.1) is 0 Å². The first-order valence-corrected chi connectivity index (χ1v) is 6.04. The van der Waals surface area contributed by atoms with Crippen LogP contribution >= 0.6 is 0 Å². The van der Waals surface area contributed by atoms with Crippen molar-refractivity contribution in [3.63, 3.8) is 0 Å². The summed E-state index contributed by atoms with van der Waals surface area (Å²) in [6.07, 6.45) is 1.25.